The molecule has 0 N–H and O–H groups in total. The summed E-state index contributed by atoms with van der Waals surface area (Å²) in [5.74, 6) is 0. The van der Waals surface area contributed by atoms with Crippen molar-refractivity contribution in [3.8, 4) is 0 Å². The molecule has 3 heteroatoms. The number of nitro groups is 1. The molecule has 3 nitrogen and oxygen atoms in total. The Bertz CT molecular complexity index is 247. The largest absolute Gasteiger partial charge is 0.264 e. The second-order valence-corrected chi connectivity index (χ2v) is 2.37. The fourth-order valence-corrected chi connectivity index (χ4v) is 0.853. The highest BCUT2D eigenvalue weighted by Crippen LogP contribution is 2.13. The SMILES string of the molecule is CC.CC.CC(c1ccccc1)[N+](=O)[O-]. The van der Waals surface area contributed by atoms with Gasteiger partial charge in [0.1, 0.15) is 0 Å². The van der Waals surface area contributed by atoms with Crippen molar-refractivity contribution in [2.75, 3.05) is 0 Å². The average molecular weight is 211 g/mol. The van der Waals surface area contributed by atoms with Gasteiger partial charge < -0.3 is 0 Å². The summed E-state index contributed by atoms with van der Waals surface area (Å²) in [6.07, 6.45) is 0. The Balaban J connectivity index is 0. The Morgan fingerprint density at radius 1 is 1.07 bits per heavy atom. The number of hydrogen-bond donors (Lipinski definition) is 0. The Hall–Kier alpha value is -1.38. The van der Waals surface area contributed by atoms with Crippen LogP contribution in [0.1, 0.15) is 46.2 Å². The molecule has 86 valence electrons. The topological polar surface area (TPSA) is 43.1 Å². The molecule has 1 aromatic rings. The number of hydrogen-bond acceptors (Lipinski definition) is 2. The maximum Gasteiger partial charge on any atom is 0.235 e. The second kappa shape index (κ2) is 10.7. The van der Waals surface area contributed by atoms with Crippen LogP contribution >= 0.6 is 0 Å². The molecule has 15 heavy (non-hydrogen) atoms. The van der Waals surface area contributed by atoms with Gasteiger partial charge in [0.15, 0.2) is 0 Å². The third kappa shape index (κ3) is 6.66. The van der Waals surface area contributed by atoms with Crippen LogP contribution < -0.4 is 0 Å². The van der Waals surface area contributed by atoms with Gasteiger partial charge in [-0.3, -0.25) is 10.1 Å². The van der Waals surface area contributed by atoms with Gasteiger partial charge in [-0.15, -0.1) is 0 Å². The number of nitrogens with zero attached hydrogens (tertiary/aromatic N) is 1. The smallest absolute Gasteiger partial charge is 0.235 e. The summed E-state index contributed by atoms with van der Waals surface area (Å²) < 4.78 is 0. The van der Waals surface area contributed by atoms with Crippen LogP contribution in [0.4, 0.5) is 0 Å². The van der Waals surface area contributed by atoms with E-state index in [0.717, 1.165) is 5.56 Å². The average Bonchev–Trinajstić information content (AvgIpc) is 2.34. The highest BCUT2D eigenvalue weighted by molar-refractivity contribution is 5.16. The molecular weight excluding hydrogens is 190 g/mol. The first-order chi connectivity index (χ1) is 7.22. The van der Waals surface area contributed by atoms with Gasteiger partial charge in [0.2, 0.25) is 6.04 Å². The van der Waals surface area contributed by atoms with E-state index in [9.17, 15) is 10.1 Å². The first-order valence-electron chi connectivity index (χ1n) is 5.40. The van der Waals surface area contributed by atoms with Crippen molar-refractivity contribution >= 4 is 0 Å². The van der Waals surface area contributed by atoms with E-state index in [2.05, 4.69) is 0 Å². The monoisotopic (exact) mass is 211 g/mol. The lowest BCUT2D eigenvalue weighted by Gasteiger charge is -2.01. The van der Waals surface area contributed by atoms with Crippen LogP contribution in [-0.2, 0) is 0 Å². The van der Waals surface area contributed by atoms with Gasteiger partial charge in [-0.2, -0.15) is 0 Å². The third-order valence-electron chi connectivity index (χ3n) is 1.60. The minimum Gasteiger partial charge on any atom is -0.264 e. The Kier molecular flexibility index (Phi) is 11.5. The molecular formula is C12H21NO2. The zero-order valence-corrected chi connectivity index (χ0v) is 10.2. The first-order valence-corrected chi connectivity index (χ1v) is 5.40. The van der Waals surface area contributed by atoms with E-state index in [0.29, 0.717) is 0 Å². The lowest BCUT2D eigenvalue weighted by Crippen LogP contribution is -2.05. The van der Waals surface area contributed by atoms with Crippen LogP contribution in [0.15, 0.2) is 30.3 Å². The third-order valence-corrected chi connectivity index (χ3v) is 1.60. The van der Waals surface area contributed by atoms with E-state index >= 15 is 0 Å². The quantitative estimate of drug-likeness (QED) is 0.546. The van der Waals surface area contributed by atoms with Gasteiger partial charge >= 0.3 is 0 Å². The van der Waals surface area contributed by atoms with Crippen LogP contribution in [0.3, 0.4) is 0 Å². The van der Waals surface area contributed by atoms with E-state index in [1.54, 1.807) is 31.2 Å². The molecule has 1 rings (SSSR count). The molecule has 0 heterocycles. The summed E-state index contributed by atoms with van der Waals surface area (Å²) in [7, 11) is 0. The molecule has 0 saturated heterocycles. The fraction of sp³-hybridized carbons (Fsp3) is 0.500. The summed E-state index contributed by atoms with van der Waals surface area (Å²) >= 11 is 0. The molecule has 0 aromatic heterocycles. The van der Waals surface area contributed by atoms with Crippen LogP contribution in [0.5, 0.6) is 0 Å². The zero-order valence-electron chi connectivity index (χ0n) is 10.2. The van der Waals surface area contributed by atoms with Crippen molar-refractivity contribution in [3.63, 3.8) is 0 Å². The molecule has 0 aliphatic heterocycles. The van der Waals surface area contributed by atoms with Gasteiger partial charge in [-0.05, 0) is 0 Å². The Labute approximate surface area is 92.3 Å². The van der Waals surface area contributed by atoms with Crippen molar-refractivity contribution in [1.82, 2.24) is 0 Å². The summed E-state index contributed by atoms with van der Waals surface area (Å²) in [5, 5.41) is 10.3. The van der Waals surface area contributed by atoms with Crippen molar-refractivity contribution in [3.05, 3.63) is 46.0 Å². The van der Waals surface area contributed by atoms with E-state index in [4.69, 9.17) is 0 Å². The van der Waals surface area contributed by atoms with E-state index < -0.39 is 6.04 Å². The number of rotatable bonds is 2. The maximum atomic E-state index is 10.3. The van der Waals surface area contributed by atoms with Crippen LogP contribution in [0.25, 0.3) is 0 Å². The molecule has 0 amide bonds. The van der Waals surface area contributed by atoms with E-state index in [-0.39, 0.29) is 4.92 Å². The van der Waals surface area contributed by atoms with Gasteiger partial charge in [0.05, 0.1) is 0 Å². The van der Waals surface area contributed by atoms with Crippen LogP contribution in [0, 0.1) is 10.1 Å². The predicted octanol–water partition coefficient (Wildman–Crippen LogP) is 4.08. The molecule has 1 unspecified atom stereocenters. The predicted molar refractivity (Wildman–Crippen MR) is 64.5 cm³/mol. The summed E-state index contributed by atoms with van der Waals surface area (Å²) in [6, 6.07) is 8.36. The highest BCUT2D eigenvalue weighted by atomic mass is 16.6. The Morgan fingerprint density at radius 3 is 1.80 bits per heavy atom. The molecule has 0 bridgehead atoms. The van der Waals surface area contributed by atoms with Crippen molar-refractivity contribution in [2.45, 2.75) is 40.7 Å². The lowest BCUT2D eigenvalue weighted by atomic mass is 10.1. The molecule has 1 aromatic carbocycles. The molecule has 0 saturated carbocycles. The minimum atomic E-state index is -0.601. The van der Waals surface area contributed by atoms with E-state index in [1.807, 2.05) is 33.8 Å². The molecule has 0 spiro atoms. The standard InChI is InChI=1S/C8H9NO2.2C2H6/c1-7(9(10)11)8-5-3-2-4-6-8;2*1-2/h2-7H,1H3;2*1-2H3. The summed E-state index contributed by atoms with van der Waals surface area (Å²) in [6.45, 7) is 9.58. The van der Waals surface area contributed by atoms with Crippen LogP contribution in [0.2, 0.25) is 0 Å². The molecule has 0 aliphatic rings. The molecule has 1 atom stereocenters. The molecule has 0 aliphatic carbocycles. The lowest BCUT2D eigenvalue weighted by molar-refractivity contribution is -0.524. The zero-order chi connectivity index (χ0) is 12.3. The van der Waals surface area contributed by atoms with Crippen molar-refractivity contribution < 1.29 is 4.92 Å². The van der Waals surface area contributed by atoms with Crippen molar-refractivity contribution in [2.24, 2.45) is 0 Å². The second-order valence-electron chi connectivity index (χ2n) is 2.37. The highest BCUT2D eigenvalue weighted by Gasteiger charge is 2.13. The summed E-state index contributed by atoms with van der Waals surface area (Å²) in [5.41, 5.74) is 0.748. The minimum absolute atomic E-state index is 0.296. The molecule has 0 fully saturated rings. The van der Waals surface area contributed by atoms with Crippen molar-refractivity contribution in [1.29, 1.82) is 0 Å². The fourth-order valence-electron chi connectivity index (χ4n) is 0.853. The van der Waals surface area contributed by atoms with Gasteiger partial charge in [0, 0.05) is 17.4 Å². The van der Waals surface area contributed by atoms with Gasteiger partial charge in [0.25, 0.3) is 0 Å². The maximum absolute atomic E-state index is 10.3. The normalized spacial score (nSPS) is 9.93. The van der Waals surface area contributed by atoms with E-state index in [1.165, 1.54) is 0 Å². The Morgan fingerprint density at radius 2 is 1.47 bits per heavy atom. The number of benzene rings is 1. The molecule has 0 radical (unpaired) electrons. The van der Waals surface area contributed by atoms with Gasteiger partial charge in [-0.1, -0.05) is 58.0 Å². The first kappa shape index (κ1) is 16.1. The van der Waals surface area contributed by atoms with Crippen LogP contribution in [-0.4, -0.2) is 4.92 Å². The van der Waals surface area contributed by atoms with Gasteiger partial charge in [-0.25, -0.2) is 0 Å². The summed E-state index contributed by atoms with van der Waals surface area (Å²) in [4.78, 5) is 10.0.